The summed E-state index contributed by atoms with van der Waals surface area (Å²) >= 11 is 12.0. The number of halogens is 2. The van der Waals surface area contributed by atoms with E-state index in [1.54, 1.807) is 7.11 Å². The van der Waals surface area contributed by atoms with E-state index in [0.717, 1.165) is 23.7 Å². The number of benzene rings is 2. The van der Waals surface area contributed by atoms with Crippen LogP contribution in [0.5, 0.6) is 5.75 Å². The molecule has 0 saturated carbocycles. The third-order valence-electron chi connectivity index (χ3n) is 3.03. The van der Waals surface area contributed by atoms with E-state index in [1.165, 1.54) is 5.56 Å². The van der Waals surface area contributed by atoms with Gasteiger partial charge in [0, 0.05) is 18.1 Å². The van der Waals surface area contributed by atoms with Crippen LogP contribution in [-0.2, 0) is 13.1 Å². The first kappa shape index (κ1) is 15.2. The standard InChI is InChI=1S/C16H17Cl2NO/c1-19(10-12-3-6-14(17)7-4-12)11-13-5-8-16(20-2)15(18)9-13/h3-9H,10-11H2,1-2H3. The molecule has 0 spiro atoms. The molecule has 2 rings (SSSR count). The summed E-state index contributed by atoms with van der Waals surface area (Å²) in [6.07, 6.45) is 0. The summed E-state index contributed by atoms with van der Waals surface area (Å²) < 4.78 is 5.15. The average molecular weight is 310 g/mol. The van der Waals surface area contributed by atoms with E-state index in [9.17, 15) is 0 Å². The maximum atomic E-state index is 6.13. The van der Waals surface area contributed by atoms with Gasteiger partial charge in [-0.1, -0.05) is 41.4 Å². The van der Waals surface area contributed by atoms with Crippen molar-refractivity contribution >= 4 is 23.2 Å². The van der Waals surface area contributed by atoms with E-state index >= 15 is 0 Å². The van der Waals surface area contributed by atoms with E-state index in [2.05, 4.69) is 11.9 Å². The van der Waals surface area contributed by atoms with Crippen molar-refractivity contribution in [3.63, 3.8) is 0 Å². The molecule has 2 aromatic rings. The van der Waals surface area contributed by atoms with Crippen molar-refractivity contribution in [1.29, 1.82) is 0 Å². The van der Waals surface area contributed by atoms with E-state index in [0.29, 0.717) is 10.8 Å². The van der Waals surface area contributed by atoms with Gasteiger partial charge >= 0.3 is 0 Å². The molecular formula is C16H17Cl2NO. The van der Waals surface area contributed by atoms with E-state index < -0.39 is 0 Å². The SMILES string of the molecule is COc1ccc(CN(C)Cc2ccc(Cl)cc2)cc1Cl. The fraction of sp³-hybridized carbons (Fsp3) is 0.250. The number of hydrogen-bond donors (Lipinski definition) is 0. The minimum absolute atomic E-state index is 0.643. The summed E-state index contributed by atoms with van der Waals surface area (Å²) in [5, 5.41) is 1.41. The molecule has 0 heterocycles. The molecule has 0 fully saturated rings. The molecule has 0 radical (unpaired) electrons. The molecule has 0 bridgehead atoms. The number of rotatable bonds is 5. The fourth-order valence-electron chi connectivity index (χ4n) is 2.08. The van der Waals surface area contributed by atoms with Gasteiger partial charge in [0.15, 0.2) is 0 Å². The van der Waals surface area contributed by atoms with Crippen LogP contribution in [0.1, 0.15) is 11.1 Å². The van der Waals surface area contributed by atoms with Gasteiger partial charge < -0.3 is 4.74 Å². The van der Waals surface area contributed by atoms with Crippen molar-refractivity contribution in [3.05, 3.63) is 63.6 Å². The molecule has 0 atom stereocenters. The van der Waals surface area contributed by atoms with Crippen molar-refractivity contribution in [3.8, 4) is 5.75 Å². The van der Waals surface area contributed by atoms with Gasteiger partial charge in [0.2, 0.25) is 0 Å². The maximum absolute atomic E-state index is 6.13. The van der Waals surface area contributed by atoms with Crippen molar-refractivity contribution in [2.75, 3.05) is 14.2 Å². The number of methoxy groups -OCH3 is 1. The summed E-state index contributed by atoms with van der Waals surface area (Å²) in [7, 11) is 3.69. The van der Waals surface area contributed by atoms with Gasteiger partial charge in [0.25, 0.3) is 0 Å². The van der Waals surface area contributed by atoms with E-state index in [1.807, 2.05) is 42.5 Å². The Bertz CT molecular complexity index is 569. The zero-order valence-corrected chi connectivity index (χ0v) is 13.1. The number of nitrogens with zero attached hydrogens (tertiary/aromatic N) is 1. The Labute approximate surface area is 129 Å². The number of hydrogen-bond acceptors (Lipinski definition) is 2. The largest absolute Gasteiger partial charge is 0.495 e. The second-order valence-electron chi connectivity index (χ2n) is 4.77. The number of ether oxygens (including phenoxy) is 1. The first-order valence-electron chi connectivity index (χ1n) is 6.34. The minimum Gasteiger partial charge on any atom is -0.495 e. The average Bonchev–Trinajstić information content (AvgIpc) is 2.41. The van der Waals surface area contributed by atoms with Gasteiger partial charge in [0.05, 0.1) is 12.1 Å². The monoisotopic (exact) mass is 309 g/mol. The van der Waals surface area contributed by atoms with Crippen LogP contribution < -0.4 is 4.74 Å². The third-order valence-corrected chi connectivity index (χ3v) is 3.58. The first-order valence-corrected chi connectivity index (χ1v) is 7.09. The summed E-state index contributed by atoms with van der Waals surface area (Å²) in [5.41, 5.74) is 2.39. The highest BCUT2D eigenvalue weighted by molar-refractivity contribution is 6.32. The fourth-order valence-corrected chi connectivity index (χ4v) is 2.48. The lowest BCUT2D eigenvalue weighted by molar-refractivity contribution is 0.319. The molecule has 2 nitrogen and oxygen atoms in total. The first-order chi connectivity index (χ1) is 9.58. The van der Waals surface area contributed by atoms with Gasteiger partial charge in [-0.2, -0.15) is 0 Å². The predicted octanol–water partition coefficient (Wildman–Crippen LogP) is 4.63. The highest BCUT2D eigenvalue weighted by Gasteiger charge is 2.05. The Morgan fingerprint density at radius 2 is 1.55 bits per heavy atom. The highest BCUT2D eigenvalue weighted by atomic mass is 35.5. The van der Waals surface area contributed by atoms with Crippen LogP contribution in [0.3, 0.4) is 0 Å². The van der Waals surface area contributed by atoms with Gasteiger partial charge in [-0.3, -0.25) is 4.90 Å². The third kappa shape index (κ3) is 4.14. The normalized spacial score (nSPS) is 10.8. The Balaban J connectivity index is 1.99. The molecular weight excluding hydrogens is 293 g/mol. The molecule has 0 amide bonds. The summed E-state index contributed by atoms with van der Waals surface area (Å²) in [4.78, 5) is 2.22. The van der Waals surface area contributed by atoms with Crippen molar-refractivity contribution in [1.82, 2.24) is 4.90 Å². The second kappa shape index (κ2) is 6.98. The van der Waals surface area contributed by atoms with Gasteiger partial charge in [-0.15, -0.1) is 0 Å². The van der Waals surface area contributed by atoms with Crippen LogP contribution in [0, 0.1) is 0 Å². The molecule has 2 aromatic carbocycles. The Morgan fingerprint density at radius 3 is 2.15 bits per heavy atom. The molecule has 0 saturated heterocycles. The summed E-state index contributed by atoms with van der Waals surface area (Å²) in [6.45, 7) is 1.69. The minimum atomic E-state index is 0.643. The van der Waals surface area contributed by atoms with Crippen molar-refractivity contribution < 1.29 is 4.74 Å². The molecule has 0 aromatic heterocycles. The molecule has 20 heavy (non-hydrogen) atoms. The van der Waals surface area contributed by atoms with E-state index in [4.69, 9.17) is 27.9 Å². The van der Waals surface area contributed by atoms with Crippen molar-refractivity contribution in [2.45, 2.75) is 13.1 Å². The zero-order valence-electron chi connectivity index (χ0n) is 11.6. The van der Waals surface area contributed by atoms with Crippen LogP contribution in [0.4, 0.5) is 0 Å². The quantitative estimate of drug-likeness (QED) is 0.798. The lowest BCUT2D eigenvalue weighted by Crippen LogP contribution is -2.17. The van der Waals surface area contributed by atoms with Gasteiger partial charge in [-0.05, 0) is 42.4 Å². The Kier molecular flexibility index (Phi) is 5.30. The van der Waals surface area contributed by atoms with Crippen molar-refractivity contribution in [2.24, 2.45) is 0 Å². The van der Waals surface area contributed by atoms with Crippen LogP contribution in [-0.4, -0.2) is 19.1 Å². The van der Waals surface area contributed by atoms with Crippen LogP contribution in [0.2, 0.25) is 10.0 Å². The summed E-state index contributed by atoms with van der Waals surface area (Å²) in [5.74, 6) is 0.704. The highest BCUT2D eigenvalue weighted by Crippen LogP contribution is 2.25. The molecule has 4 heteroatoms. The van der Waals surface area contributed by atoms with Crippen LogP contribution >= 0.6 is 23.2 Å². The molecule has 0 N–H and O–H groups in total. The van der Waals surface area contributed by atoms with Gasteiger partial charge in [-0.25, -0.2) is 0 Å². The maximum Gasteiger partial charge on any atom is 0.137 e. The lowest BCUT2D eigenvalue weighted by atomic mass is 10.1. The molecule has 0 aliphatic carbocycles. The van der Waals surface area contributed by atoms with E-state index in [-0.39, 0.29) is 0 Å². The smallest absolute Gasteiger partial charge is 0.137 e. The molecule has 0 aliphatic rings. The van der Waals surface area contributed by atoms with Gasteiger partial charge in [0.1, 0.15) is 5.75 Å². The Hall–Kier alpha value is -1.22. The van der Waals surface area contributed by atoms with Crippen LogP contribution in [0.25, 0.3) is 0 Å². The Morgan fingerprint density at radius 1 is 0.950 bits per heavy atom. The second-order valence-corrected chi connectivity index (χ2v) is 5.61. The van der Waals surface area contributed by atoms with Crippen LogP contribution in [0.15, 0.2) is 42.5 Å². The topological polar surface area (TPSA) is 12.5 Å². The lowest BCUT2D eigenvalue weighted by Gasteiger charge is -2.17. The molecule has 0 unspecified atom stereocenters. The molecule has 0 aliphatic heterocycles. The summed E-state index contributed by atoms with van der Waals surface area (Å²) in [6, 6.07) is 13.8. The molecule has 106 valence electrons. The zero-order chi connectivity index (χ0) is 14.5. The predicted molar refractivity (Wildman–Crippen MR) is 84.6 cm³/mol.